The SMILES string of the molecule is CCCCCOc1cccc([C@H]2C(=C(O)c3ccc4c(c3)C[C@@H](C)O4)C(=O)C(=O)N2CCN(CC)CC)c1. The van der Waals surface area contributed by atoms with E-state index in [1.54, 1.807) is 11.0 Å². The lowest BCUT2D eigenvalue weighted by molar-refractivity contribution is -0.140. The highest BCUT2D eigenvalue weighted by Gasteiger charge is 2.46. The van der Waals surface area contributed by atoms with Gasteiger partial charge in [-0.3, -0.25) is 9.59 Å². The Hall–Kier alpha value is -3.32. The molecule has 7 heteroatoms. The van der Waals surface area contributed by atoms with Gasteiger partial charge in [-0.25, -0.2) is 0 Å². The van der Waals surface area contributed by atoms with Gasteiger partial charge >= 0.3 is 0 Å². The number of nitrogens with zero attached hydrogens (tertiary/aromatic N) is 2. The number of carbonyl (C=O) groups is 2. The molecule has 0 bridgehead atoms. The Morgan fingerprint density at radius 3 is 2.63 bits per heavy atom. The number of hydrogen-bond donors (Lipinski definition) is 1. The minimum absolute atomic E-state index is 0.0631. The van der Waals surface area contributed by atoms with Crippen molar-refractivity contribution in [1.29, 1.82) is 0 Å². The maximum absolute atomic E-state index is 13.4. The highest BCUT2D eigenvalue weighted by atomic mass is 16.5. The van der Waals surface area contributed by atoms with Gasteiger partial charge in [0.2, 0.25) is 0 Å². The van der Waals surface area contributed by atoms with Gasteiger partial charge in [0.05, 0.1) is 18.2 Å². The second-order valence-corrected chi connectivity index (χ2v) is 10.1. The number of ketones is 1. The van der Waals surface area contributed by atoms with Crippen LogP contribution in [0.1, 0.15) is 69.7 Å². The Morgan fingerprint density at radius 1 is 1.11 bits per heavy atom. The van der Waals surface area contributed by atoms with Crippen LogP contribution < -0.4 is 9.47 Å². The van der Waals surface area contributed by atoms with E-state index in [1.807, 2.05) is 43.3 Å². The number of aliphatic hydroxyl groups excluding tert-OH is 1. The van der Waals surface area contributed by atoms with Crippen LogP contribution in [0.5, 0.6) is 11.5 Å². The molecule has 2 aliphatic heterocycles. The van der Waals surface area contributed by atoms with Gasteiger partial charge < -0.3 is 24.4 Å². The number of aliphatic hydroxyl groups is 1. The molecule has 0 aliphatic carbocycles. The highest BCUT2D eigenvalue weighted by molar-refractivity contribution is 6.46. The molecule has 2 aromatic carbocycles. The van der Waals surface area contributed by atoms with E-state index in [1.165, 1.54) is 0 Å². The topological polar surface area (TPSA) is 79.3 Å². The number of ether oxygens (including phenoxy) is 2. The Bertz CT molecular complexity index is 1190. The van der Waals surface area contributed by atoms with Crippen molar-refractivity contribution in [3.8, 4) is 11.5 Å². The fraction of sp³-hybridized carbons (Fsp3) is 0.484. The van der Waals surface area contributed by atoms with Crippen molar-refractivity contribution in [2.75, 3.05) is 32.8 Å². The third kappa shape index (κ3) is 5.88. The lowest BCUT2D eigenvalue weighted by Crippen LogP contribution is -2.38. The average molecular weight is 521 g/mol. The van der Waals surface area contributed by atoms with Crippen molar-refractivity contribution >= 4 is 17.4 Å². The summed E-state index contributed by atoms with van der Waals surface area (Å²) in [7, 11) is 0. The molecule has 1 amide bonds. The molecule has 1 saturated heterocycles. The van der Waals surface area contributed by atoms with Gasteiger partial charge in [0, 0.05) is 25.1 Å². The molecule has 2 atom stereocenters. The molecule has 38 heavy (non-hydrogen) atoms. The summed E-state index contributed by atoms with van der Waals surface area (Å²) in [4.78, 5) is 30.6. The molecule has 2 heterocycles. The highest BCUT2D eigenvalue weighted by Crippen LogP contribution is 2.41. The van der Waals surface area contributed by atoms with Crippen LogP contribution in [-0.4, -0.2) is 65.5 Å². The van der Waals surface area contributed by atoms with Crippen molar-refractivity contribution in [3.05, 3.63) is 64.7 Å². The van der Waals surface area contributed by atoms with Gasteiger partial charge in [-0.05, 0) is 67.9 Å². The van der Waals surface area contributed by atoms with Crippen LogP contribution in [0.2, 0.25) is 0 Å². The summed E-state index contributed by atoms with van der Waals surface area (Å²) >= 11 is 0. The largest absolute Gasteiger partial charge is 0.507 e. The maximum atomic E-state index is 13.4. The van der Waals surface area contributed by atoms with Gasteiger partial charge in [0.25, 0.3) is 11.7 Å². The van der Waals surface area contributed by atoms with E-state index in [4.69, 9.17) is 9.47 Å². The summed E-state index contributed by atoms with van der Waals surface area (Å²) in [6.07, 6.45) is 3.96. The van der Waals surface area contributed by atoms with Crippen LogP contribution in [-0.2, 0) is 16.0 Å². The first-order valence-electron chi connectivity index (χ1n) is 13.9. The van der Waals surface area contributed by atoms with Gasteiger partial charge in [-0.1, -0.05) is 45.7 Å². The van der Waals surface area contributed by atoms with Gasteiger partial charge in [-0.2, -0.15) is 0 Å². The monoisotopic (exact) mass is 520 g/mol. The maximum Gasteiger partial charge on any atom is 0.295 e. The van der Waals surface area contributed by atoms with Gasteiger partial charge in [0.15, 0.2) is 0 Å². The van der Waals surface area contributed by atoms with Crippen molar-refractivity contribution in [2.24, 2.45) is 0 Å². The third-order valence-corrected chi connectivity index (χ3v) is 7.45. The second kappa shape index (κ2) is 12.5. The Labute approximate surface area is 226 Å². The molecule has 1 fully saturated rings. The van der Waals surface area contributed by atoms with Crippen LogP contribution in [0, 0.1) is 0 Å². The summed E-state index contributed by atoms with van der Waals surface area (Å²) in [5.74, 6) is 0.0765. The molecule has 7 nitrogen and oxygen atoms in total. The number of hydrogen-bond acceptors (Lipinski definition) is 6. The number of amides is 1. The predicted octanol–water partition coefficient (Wildman–Crippen LogP) is 5.34. The van der Waals surface area contributed by atoms with E-state index < -0.39 is 17.7 Å². The molecular weight excluding hydrogens is 480 g/mol. The molecular formula is C31H40N2O5. The van der Waals surface area contributed by atoms with E-state index in [0.29, 0.717) is 31.0 Å². The van der Waals surface area contributed by atoms with Crippen molar-refractivity contribution < 1.29 is 24.2 Å². The summed E-state index contributed by atoms with van der Waals surface area (Å²) in [5, 5.41) is 11.5. The fourth-order valence-corrected chi connectivity index (χ4v) is 5.29. The number of Topliss-reactive ketones (excluding diaryl/α,β-unsaturated/α-hetero) is 1. The number of likely N-dealkylation sites (tertiary alicyclic amines) is 1. The molecule has 204 valence electrons. The van der Waals surface area contributed by atoms with Crippen LogP contribution >= 0.6 is 0 Å². The second-order valence-electron chi connectivity index (χ2n) is 10.1. The standard InChI is InChI=1S/C31H40N2O5/c1-5-8-9-17-37-25-12-10-11-22(20-25)28-27(30(35)31(36)33(28)16-15-32(6-2)7-3)29(34)23-13-14-26-24(19-23)18-21(4)38-26/h10-14,19-21,28,34H,5-9,15-18H2,1-4H3/t21-,28+/m1/s1. The van der Waals surface area contributed by atoms with Crippen LogP contribution in [0.25, 0.3) is 5.76 Å². The summed E-state index contributed by atoms with van der Waals surface area (Å²) in [6.45, 7) is 11.6. The van der Waals surface area contributed by atoms with Gasteiger partial charge in [-0.15, -0.1) is 0 Å². The lowest BCUT2D eigenvalue weighted by atomic mass is 9.94. The zero-order valence-electron chi connectivity index (χ0n) is 23.0. The molecule has 0 radical (unpaired) electrons. The zero-order chi connectivity index (χ0) is 27.2. The molecule has 0 spiro atoms. The van der Waals surface area contributed by atoms with Crippen molar-refractivity contribution in [2.45, 2.75) is 65.5 Å². The average Bonchev–Trinajstić information content (AvgIpc) is 3.42. The predicted molar refractivity (Wildman–Crippen MR) is 148 cm³/mol. The zero-order valence-corrected chi connectivity index (χ0v) is 23.0. The van der Waals surface area contributed by atoms with E-state index >= 15 is 0 Å². The normalized spacial score (nSPS) is 20.2. The number of carbonyl (C=O) groups excluding carboxylic acids is 2. The lowest BCUT2D eigenvalue weighted by Gasteiger charge is -2.28. The number of unbranched alkanes of at least 4 members (excludes halogenated alkanes) is 2. The first kappa shape index (κ1) is 27.7. The molecule has 1 N–H and O–H groups in total. The van der Waals surface area contributed by atoms with E-state index in [0.717, 1.165) is 55.6 Å². The number of rotatable bonds is 12. The Kier molecular flexibility index (Phi) is 9.10. The van der Waals surface area contributed by atoms with E-state index in [2.05, 4.69) is 25.7 Å². The minimum atomic E-state index is -0.701. The Morgan fingerprint density at radius 2 is 1.89 bits per heavy atom. The minimum Gasteiger partial charge on any atom is -0.507 e. The molecule has 0 saturated carbocycles. The molecule has 2 aliphatic rings. The number of benzene rings is 2. The van der Waals surface area contributed by atoms with Crippen LogP contribution in [0.15, 0.2) is 48.0 Å². The third-order valence-electron chi connectivity index (χ3n) is 7.45. The van der Waals surface area contributed by atoms with E-state index in [-0.39, 0.29) is 17.4 Å². The summed E-state index contributed by atoms with van der Waals surface area (Å²) in [6, 6.07) is 12.3. The first-order valence-corrected chi connectivity index (χ1v) is 13.9. The Balaban J connectivity index is 1.73. The van der Waals surface area contributed by atoms with Crippen LogP contribution in [0.3, 0.4) is 0 Å². The molecule has 4 rings (SSSR count). The summed E-state index contributed by atoms with van der Waals surface area (Å²) < 4.78 is 11.8. The molecule has 0 unspecified atom stereocenters. The smallest absolute Gasteiger partial charge is 0.295 e. The number of fused-ring (bicyclic) bond motifs is 1. The molecule has 0 aromatic heterocycles. The van der Waals surface area contributed by atoms with Gasteiger partial charge in [0.1, 0.15) is 23.4 Å². The van der Waals surface area contributed by atoms with Crippen LogP contribution in [0.4, 0.5) is 0 Å². The van der Waals surface area contributed by atoms with Crippen molar-refractivity contribution in [3.63, 3.8) is 0 Å². The quantitative estimate of drug-likeness (QED) is 0.176. The first-order chi connectivity index (χ1) is 18.4. The summed E-state index contributed by atoms with van der Waals surface area (Å²) in [5.41, 5.74) is 2.36. The fourth-order valence-electron chi connectivity index (χ4n) is 5.29. The molecule has 2 aromatic rings. The van der Waals surface area contributed by atoms with Crippen molar-refractivity contribution in [1.82, 2.24) is 9.80 Å². The van der Waals surface area contributed by atoms with E-state index in [9.17, 15) is 14.7 Å². The number of likely N-dealkylation sites (N-methyl/N-ethyl adjacent to an activating group) is 1.